The van der Waals surface area contributed by atoms with Gasteiger partial charge in [0.2, 0.25) is 0 Å². The lowest BCUT2D eigenvalue weighted by molar-refractivity contribution is 0.102. The number of phenols is 1. The third kappa shape index (κ3) is 4.99. The summed E-state index contributed by atoms with van der Waals surface area (Å²) in [5, 5.41) is 12.2. The van der Waals surface area contributed by atoms with Gasteiger partial charge in [0, 0.05) is 29.4 Å². The molecule has 33 heavy (non-hydrogen) atoms. The molecular weight excluding hydrogens is 428 g/mol. The number of anilines is 1. The first kappa shape index (κ1) is 22.8. The van der Waals surface area contributed by atoms with Gasteiger partial charge in [0.1, 0.15) is 28.8 Å². The van der Waals surface area contributed by atoms with Gasteiger partial charge < -0.3 is 21.9 Å². The van der Waals surface area contributed by atoms with Gasteiger partial charge in [0.05, 0.1) is 11.9 Å². The molecule has 2 aromatic heterocycles. The summed E-state index contributed by atoms with van der Waals surface area (Å²) in [4.78, 5) is 21.1. The molecule has 0 aliphatic heterocycles. The summed E-state index contributed by atoms with van der Waals surface area (Å²) in [6.45, 7) is 1.96. The highest BCUT2D eigenvalue weighted by atomic mass is 19.1. The van der Waals surface area contributed by atoms with E-state index in [1.165, 1.54) is 24.4 Å². The van der Waals surface area contributed by atoms with E-state index in [0.717, 1.165) is 24.1 Å². The fraction of sp³-hybridized carbons (Fsp3) is 0.292. The van der Waals surface area contributed by atoms with Gasteiger partial charge in [-0.05, 0) is 68.0 Å². The molecule has 3 aromatic rings. The summed E-state index contributed by atoms with van der Waals surface area (Å²) in [5.41, 5.74) is 12.9. The second kappa shape index (κ2) is 8.84. The van der Waals surface area contributed by atoms with Crippen molar-refractivity contribution in [1.82, 2.24) is 9.97 Å². The maximum Gasteiger partial charge on any atom is 0.274 e. The van der Waals surface area contributed by atoms with Crippen molar-refractivity contribution < 1.29 is 18.7 Å². The van der Waals surface area contributed by atoms with Gasteiger partial charge in [-0.15, -0.1) is 0 Å². The van der Waals surface area contributed by atoms with Crippen LogP contribution in [0.2, 0.25) is 0 Å². The lowest BCUT2D eigenvalue weighted by atomic mass is 9.72. The minimum absolute atomic E-state index is 0.0323. The quantitative estimate of drug-likeness (QED) is 0.477. The summed E-state index contributed by atoms with van der Waals surface area (Å²) in [6.07, 6.45) is 5.31. The molecule has 0 bridgehead atoms. The summed E-state index contributed by atoms with van der Waals surface area (Å²) in [5.74, 6) is -2.51. The highest BCUT2D eigenvalue weighted by Crippen LogP contribution is 2.39. The molecule has 1 amide bonds. The van der Waals surface area contributed by atoms with Crippen molar-refractivity contribution in [3.63, 3.8) is 0 Å². The number of benzene rings is 1. The molecule has 6 N–H and O–H groups in total. The molecular formula is C24H25F2N5O2. The number of carbonyl (C=O) groups is 1. The number of pyridine rings is 2. The van der Waals surface area contributed by atoms with E-state index in [9.17, 15) is 18.7 Å². The normalized spacial score (nSPS) is 22.7. The number of hydrogen-bond acceptors (Lipinski definition) is 6. The maximum absolute atomic E-state index is 14.4. The first-order chi connectivity index (χ1) is 15.6. The summed E-state index contributed by atoms with van der Waals surface area (Å²) < 4.78 is 28.6. The predicted octanol–water partition coefficient (Wildman–Crippen LogP) is 3.69. The van der Waals surface area contributed by atoms with Gasteiger partial charge in [-0.3, -0.25) is 9.78 Å². The largest absolute Gasteiger partial charge is 0.508 e. The number of nitrogens with two attached hydrogens (primary N) is 2. The maximum atomic E-state index is 14.4. The van der Waals surface area contributed by atoms with Crippen LogP contribution >= 0.6 is 0 Å². The van der Waals surface area contributed by atoms with Crippen LogP contribution in [-0.4, -0.2) is 32.6 Å². The second-order valence-corrected chi connectivity index (χ2v) is 8.86. The SMILES string of the molecule is CC1(N)C[C@H](N)C[C@H](c2ccncc2NC(=O)c2ccc(F)c(-c3ccc(O)cc3F)n2)C1. The molecule has 0 saturated heterocycles. The van der Waals surface area contributed by atoms with Crippen LogP contribution in [0.15, 0.2) is 48.8 Å². The number of hydrogen-bond donors (Lipinski definition) is 4. The lowest BCUT2D eigenvalue weighted by Gasteiger charge is -2.39. The summed E-state index contributed by atoms with van der Waals surface area (Å²) >= 11 is 0. The Balaban J connectivity index is 1.62. The minimum atomic E-state index is -0.855. The Bertz CT molecular complexity index is 1200. The van der Waals surface area contributed by atoms with E-state index >= 15 is 0 Å². The minimum Gasteiger partial charge on any atom is -0.508 e. The summed E-state index contributed by atoms with van der Waals surface area (Å²) in [6, 6.07) is 7.30. The van der Waals surface area contributed by atoms with Crippen molar-refractivity contribution in [3.05, 3.63) is 71.7 Å². The van der Waals surface area contributed by atoms with Crippen molar-refractivity contribution in [2.75, 3.05) is 5.32 Å². The molecule has 4 rings (SSSR count). The number of amides is 1. The van der Waals surface area contributed by atoms with Crippen LogP contribution in [0.4, 0.5) is 14.5 Å². The lowest BCUT2D eigenvalue weighted by Crippen LogP contribution is -2.48. The number of aromatic hydroxyl groups is 1. The van der Waals surface area contributed by atoms with Crippen LogP contribution in [0.5, 0.6) is 5.75 Å². The number of nitrogens with zero attached hydrogens (tertiary/aromatic N) is 2. The molecule has 1 saturated carbocycles. The van der Waals surface area contributed by atoms with Gasteiger partial charge in [-0.2, -0.15) is 0 Å². The van der Waals surface area contributed by atoms with Crippen molar-refractivity contribution in [2.45, 2.75) is 43.7 Å². The predicted molar refractivity (Wildman–Crippen MR) is 121 cm³/mol. The van der Waals surface area contributed by atoms with Crippen molar-refractivity contribution in [3.8, 4) is 17.0 Å². The van der Waals surface area contributed by atoms with Crippen LogP contribution in [-0.2, 0) is 0 Å². The Morgan fingerprint density at radius 2 is 1.97 bits per heavy atom. The number of nitrogens with one attached hydrogen (secondary N) is 1. The Morgan fingerprint density at radius 3 is 2.70 bits per heavy atom. The molecule has 0 radical (unpaired) electrons. The van der Waals surface area contributed by atoms with Gasteiger partial charge in [0.15, 0.2) is 0 Å². The van der Waals surface area contributed by atoms with Crippen LogP contribution in [0.25, 0.3) is 11.3 Å². The average molecular weight is 453 g/mol. The molecule has 1 aliphatic carbocycles. The van der Waals surface area contributed by atoms with E-state index in [4.69, 9.17) is 11.5 Å². The van der Waals surface area contributed by atoms with E-state index < -0.39 is 23.1 Å². The molecule has 2 heterocycles. The Labute approximate surface area is 189 Å². The van der Waals surface area contributed by atoms with Crippen molar-refractivity contribution in [2.24, 2.45) is 11.5 Å². The zero-order valence-corrected chi connectivity index (χ0v) is 18.1. The van der Waals surface area contributed by atoms with Gasteiger partial charge >= 0.3 is 0 Å². The van der Waals surface area contributed by atoms with Gasteiger partial charge in [-0.25, -0.2) is 13.8 Å². The number of carbonyl (C=O) groups excluding carboxylic acids is 1. The number of halogens is 2. The highest BCUT2D eigenvalue weighted by Gasteiger charge is 2.34. The molecule has 0 spiro atoms. The molecule has 1 aliphatic rings. The van der Waals surface area contributed by atoms with E-state index in [1.807, 2.05) is 13.0 Å². The van der Waals surface area contributed by atoms with Crippen LogP contribution < -0.4 is 16.8 Å². The highest BCUT2D eigenvalue weighted by molar-refractivity contribution is 6.03. The molecule has 1 unspecified atom stereocenters. The molecule has 1 fully saturated rings. The molecule has 1 aromatic carbocycles. The third-order valence-electron chi connectivity index (χ3n) is 5.86. The topological polar surface area (TPSA) is 127 Å². The zero-order valence-electron chi connectivity index (χ0n) is 18.1. The van der Waals surface area contributed by atoms with E-state index in [2.05, 4.69) is 15.3 Å². The fourth-order valence-electron chi connectivity index (χ4n) is 4.52. The average Bonchev–Trinajstić information content (AvgIpc) is 2.73. The molecule has 7 nitrogen and oxygen atoms in total. The van der Waals surface area contributed by atoms with Crippen LogP contribution in [0.3, 0.4) is 0 Å². The summed E-state index contributed by atoms with van der Waals surface area (Å²) in [7, 11) is 0. The third-order valence-corrected chi connectivity index (χ3v) is 5.86. The van der Waals surface area contributed by atoms with Crippen LogP contribution in [0.1, 0.15) is 48.2 Å². The van der Waals surface area contributed by atoms with E-state index in [-0.39, 0.29) is 34.7 Å². The van der Waals surface area contributed by atoms with E-state index in [1.54, 1.807) is 6.20 Å². The van der Waals surface area contributed by atoms with Gasteiger partial charge in [-0.1, -0.05) is 0 Å². The Morgan fingerprint density at radius 1 is 1.18 bits per heavy atom. The fourth-order valence-corrected chi connectivity index (χ4v) is 4.52. The second-order valence-electron chi connectivity index (χ2n) is 8.86. The molecule has 172 valence electrons. The van der Waals surface area contributed by atoms with Crippen molar-refractivity contribution >= 4 is 11.6 Å². The smallest absolute Gasteiger partial charge is 0.274 e. The molecule has 9 heteroatoms. The Hall–Kier alpha value is -3.43. The Kier molecular flexibility index (Phi) is 6.09. The first-order valence-corrected chi connectivity index (χ1v) is 10.6. The number of aromatic nitrogens is 2. The first-order valence-electron chi connectivity index (χ1n) is 10.6. The monoisotopic (exact) mass is 453 g/mol. The molecule has 3 atom stereocenters. The van der Waals surface area contributed by atoms with E-state index in [0.29, 0.717) is 18.5 Å². The number of rotatable bonds is 4. The zero-order chi connectivity index (χ0) is 23.8. The van der Waals surface area contributed by atoms with Crippen molar-refractivity contribution in [1.29, 1.82) is 0 Å². The van der Waals surface area contributed by atoms with Gasteiger partial charge in [0.25, 0.3) is 5.91 Å². The van der Waals surface area contributed by atoms with Crippen LogP contribution in [0, 0.1) is 11.6 Å². The standard InChI is InChI=1S/C24H25F2N5O2/c1-24(28)10-13(8-14(27)11-24)16-6-7-29-12-21(16)31-23(33)20-5-4-18(25)22(30-20)17-3-2-15(32)9-19(17)26/h2-7,9,12-14,32H,8,10-11,27-28H2,1H3,(H,31,33)/t13-,14+,24?/m0/s1. The number of phenolic OH excluding ortho intramolecular Hbond substituents is 1.